The molecule has 0 amide bonds. The van der Waals surface area contributed by atoms with Gasteiger partial charge in [-0.25, -0.2) is 8.42 Å². The Kier molecular flexibility index (Phi) is 4.88. The second-order valence-corrected chi connectivity index (χ2v) is 5.15. The maximum Gasteiger partial charge on any atom is 0.175 e. The zero-order valence-corrected chi connectivity index (χ0v) is 9.92. The second-order valence-electron chi connectivity index (χ2n) is 2.73. The minimum atomic E-state index is -3.20. The fourth-order valence-electron chi connectivity index (χ4n) is 1.07. The molecule has 1 aromatic rings. The summed E-state index contributed by atoms with van der Waals surface area (Å²) < 4.78 is 22.5. The van der Waals surface area contributed by atoms with Crippen molar-refractivity contribution < 1.29 is 8.42 Å². The number of rotatable bonds is 2. The average molecular weight is 256 g/mol. The minimum absolute atomic E-state index is 0. The van der Waals surface area contributed by atoms with Gasteiger partial charge in [0.15, 0.2) is 9.84 Å². The molecule has 3 nitrogen and oxygen atoms in total. The molecule has 0 spiro atoms. The summed E-state index contributed by atoms with van der Waals surface area (Å²) in [4.78, 5) is 0.249. The van der Waals surface area contributed by atoms with Crippen molar-refractivity contribution in [1.82, 2.24) is 0 Å². The van der Waals surface area contributed by atoms with Crippen molar-refractivity contribution >= 4 is 33.8 Å². The summed E-state index contributed by atoms with van der Waals surface area (Å²) >= 11 is 5.70. The largest absolute Gasteiger partial charge is 0.326 e. The first-order valence-electron chi connectivity index (χ1n) is 3.63. The summed E-state index contributed by atoms with van der Waals surface area (Å²) in [6, 6.07) is 4.58. The van der Waals surface area contributed by atoms with E-state index in [0.29, 0.717) is 10.6 Å². The van der Waals surface area contributed by atoms with E-state index in [2.05, 4.69) is 0 Å². The van der Waals surface area contributed by atoms with Gasteiger partial charge in [0.05, 0.1) is 4.90 Å². The molecule has 0 aromatic heterocycles. The van der Waals surface area contributed by atoms with E-state index in [1.807, 2.05) is 0 Å². The third kappa shape index (κ3) is 3.13. The van der Waals surface area contributed by atoms with Gasteiger partial charge in [0, 0.05) is 17.8 Å². The molecule has 1 rings (SSSR count). The quantitative estimate of drug-likeness (QED) is 0.874. The van der Waals surface area contributed by atoms with Crippen molar-refractivity contribution in [2.45, 2.75) is 11.4 Å². The van der Waals surface area contributed by atoms with Crippen LogP contribution in [-0.2, 0) is 16.4 Å². The summed E-state index contributed by atoms with van der Waals surface area (Å²) in [6.07, 6.45) is 1.15. The van der Waals surface area contributed by atoms with Gasteiger partial charge in [0.2, 0.25) is 0 Å². The van der Waals surface area contributed by atoms with Crippen LogP contribution in [0.5, 0.6) is 0 Å². The fourth-order valence-corrected chi connectivity index (χ4v) is 2.20. The third-order valence-electron chi connectivity index (χ3n) is 1.64. The van der Waals surface area contributed by atoms with Crippen LogP contribution in [0.2, 0.25) is 5.02 Å². The van der Waals surface area contributed by atoms with Crippen LogP contribution in [0.4, 0.5) is 0 Å². The van der Waals surface area contributed by atoms with Crippen molar-refractivity contribution in [3.05, 3.63) is 28.8 Å². The van der Waals surface area contributed by atoms with E-state index in [1.54, 1.807) is 6.07 Å². The molecule has 0 bridgehead atoms. The summed E-state index contributed by atoms with van der Waals surface area (Å²) in [5, 5.41) is 0.493. The molecule has 0 atom stereocenters. The Balaban J connectivity index is 0.00000169. The van der Waals surface area contributed by atoms with Crippen LogP contribution in [0.25, 0.3) is 0 Å². The summed E-state index contributed by atoms with van der Waals surface area (Å²) in [5.41, 5.74) is 5.94. The van der Waals surface area contributed by atoms with Gasteiger partial charge in [0.25, 0.3) is 0 Å². The Hall–Kier alpha value is -0.290. The molecule has 0 aliphatic heterocycles. The standard InChI is InChI=1S/C8H10ClNO2S.ClH/c1-13(11,12)8-3-2-7(9)4-6(8)5-10;/h2-4H,5,10H2,1H3;1H. The third-order valence-corrected chi connectivity index (χ3v) is 3.07. The van der Waals surface area contributed by atoms with Crippen molar-refractivity contribution in [2.75, 3.05) is 6.26 Å². The van der Waals surface area contributed by atoms with Crippen molar-refractivity contribution in [3.63, 3.8) is 0 Å². The van der Waals surface area contributed by atoms with Gasteiger partial charge < -0.3 is 5.73 Å². The van der Waals surface area contributed by atoms with Gasteiger partial charge in [-0.05, 0) is 23.8 Å². The van der Waals surface area contributed by atoms with E-state index < -0.39 is 9.84 Å². The maximum atomic E-state index is 11.2. The lowest BCUT2D eigenvalue weighted by Gasteiger charge is -2.05. The number of hydrogen-bond donors (Lipinski definition) is 1. The molecule has 0 unspecified atom stereocenters. The smallest absolute Gasteiger partial charge is 0.175 e. The lowest BCUT2D eigenvalue weighted by Crippen LogP contribution is -2.06. The number of sulfone groups is 1. The molecule has 0 heterocycles. The lowest BCUT2D eigenvalue weighted by molar-refractivity contribution is 0.600. The molecular formula is C8H11Cl2NO2S. The maximum absolute atomic E-state index is 11.2. The Bertz CT molecular complexity index is 417. The fraction of sp³-hybridized carbons (Fsp3) is 0.250. The van der Waals surface area contributed by atoms with Gasteiger partial charge in [-0.1, -0.05) is 11.6 Å². The van der Waals surface area contributed by atoms with Crippen LogP contribution >= 0.6 is 24.0 Å². The highest BCUT2D eigenvalue weighted by Crippen LogP contribution is 2.19. The van der Waals surface area contributed by atoms with E-state index >= 15 is 0 Å². The van der Waals surface area contributed by atoms with Crippen LogP contribution in [0.3, 0.4) is 0 Å². The molecular weight excluding hydrogens is 245 g/mol. The Morgan fingerprint density at radius 3 is 2.43 bits per heavy atom. The molecule has 0 saturated carbocycles. The van der Waals surface area contributed by atoms with E-state index in [0.717, 1.165) is 6.26 Å². The molecule has 0 fully saturated rings. The second kappa shape index (κ2) is 4.98. The van der Waals surface area contributed by atoms with E-state index in [-0.39, 0.29) is 23.8 Å². The van der Waals surface area contributed by atoms with Gasteiger partial charge in [-0.3, -0.25) is 0 Å². The number of nitrogens with two attached hydrogens (primary N) is 1. The number of benzene rings is 1. The molecule has 14 heavy (non-hydrogen) atoms. The van der Waals surface area contributed by atoms with Crippen LogP contribution in [-0.4, -0.2) is 14.7 Å². The zero-order valence-electron chi connectivity index (χ0n) is 7.53. The topological polar surface area (TPSA) is 60.2 Å². The van der Waals surface area contributed by atoms with Crippen LogP contribution in [0.1, 0.15) is 5.56 Å². The Morgan fingerprint density at radius 2 is 2.00 bits per heavy atom. The molecule has 80 valence electrons. The summed E-state index contributed by atoms with van der Waals surface area (Å²) in [7, 11) is -3.20. The van der Waals surface area contributed by atoms with Crippen molar-refractivity contribution in [2.24, 2.45) is 5.73 Å². The van der Waals surface area contributed by atoms with E-state index in [1.165, 1.54) is 12.1 Å². The van der Waals surface area contributed by atoms with E-state index in [9.17, 15) is 8.42 Å². The monoisotopic (exact) mass is 255 g/mol. The minimum Gasteiger partial charge on any atom is -0.326 e. The van der Waals surface area contributed by atoms with Crippen LogP contribution in [0.15, 0.2) is 23.1 Å². The Morgan fingerprint density at radius 1 is 1.43 bits per heavy atom. The molecule has 0 aliphatic rings. The van der Waals surface area contributed by atoms with Gasteiger partial charge in [0.1, 0.15) is 0 Å². The predicted octanol–water partition coefficient (Wildman–Crippen LogP) is 1.62. The summed E-state index contributed by atoms with van der Waals surface area (Å²) in [6.45, 7) is 0.170. The highest BCUT2D eigenvalue weighted by Gasteiger charge is 2.11. The summed E-state index contributed by atoms with van der Waals surface area (Å²) in [5.74, 6) is 0. The Labute approximate surface area is 94.6 Å². The highest BCUT2D eigenvalue weighted by molar-refractivity contribution is 7.90. The first-order chi connectivity index (χ1) is 5.95. The van der Waals surface area contributed by atoms with Crippen molar-refractivity contribution in [1.29, 1.82) is 0 Å². The first-order valence-corrected chi connectivity index (χ1v) is 5.90. The first kappa shape index (κ1) is 13.7. The normalized spacial score (nSPS) is 10.8. The van der Waals surface area contributed by atoms with E-state index in [4.69, 9.17) is 17.3 Å². The highest BCUT2D eigenvalue weighted by atomic mass is 35.5. The molecule has 6 heteroatoms. The molecule has 2 N–H and O–H groups in total. The number of halogens is 2. The molecule has 0 aliphatic carbocycles. The van der Waals surface area contributed by atoms with Gasteiger partial charge in [-0.2, -0.15) is 0 Å². The SMILES string of the molecule is CS(=O)(=O)c1ccc(Cl)cc1CN.Cl. The average Bonchev–Trinajstić information content (AvgIpc) is 2.01. The zero-order chi connectivity index (χ0) is 10.1. The molecule has 0 radical (unpaired) electrons. The van der Waals surface area contributed by atoms with Crippen LogP contribution < -0.4 is 5.73 Å². The predicted molar refractivity (Wildman–Crippen MR) is 59.7 cm³/mol. The van der Waals surface area contributed by atoms with Gasteiger partial charge >= 0.3 is 0 Å². The lowest BCUT2D eigenvalue weighted by atomic mass is 10.2. The van der Waals surface area contributed by atoms with Crippen LogP contribution in [0, 0.1) is 0 Å². The number of hydrogen-bond acceptors (Lipinski definition) is 3. The van der Waals surface area contributed by atoms with Crippen molar-refractivity contribution in [3.8, 4) is 0 Å². The molecule has 1 aromatic carbocycles. The van der Waals surface area contributed by atoms with Gasteiger partial charge in [-0.15, -0.1) is 12.4 Å². The molecule has 0 saturated heterocycles.